The van der Waals surface area contributed by atoms with Crippen molar-refractivity contribution in [2.75, 3.05) is 5.32 Å². The molecular formula is C20H24ClNO. The van der Waals surface area contributed by atoms with E-state index in [1.54, 1.807) is 6.92 Å². The summed E-state index contributed by atoms with van der Waals surface area (Å²) in [5.74, 6) is 0.166. The highest BCUT2D eigenvalue weighted by atomic mass is 35.5. The van der Waals surface area contributed by atoms with Gasteiger partial charge in [-0.2, -0.15) is 0 Å². The van der Waals surface area contributed by atoms with Crippen molar-refractivity contribution < 1.29 is 4.79 Å². The van der Waals surface area contributed by atoms with Crippen molar-refractivity contribution in [1.29, 1.82) is 0 Å². The first-order valence-electron chi connectivity index (χ1n) is 7.84. The van der Waals surface area contributed by atoms with E-state index in [1.807, 2.05) is 24.3 Å². The van der Waals surface area contributed by atoms with Crippen LogP contribution in [0.15, 0.2) is 36.4 Å². The Bertz CT molecular complexity index is 714. The highest BCUT2D eigenvalue weighted by Crippen LogP contribution is 2.38. The SMILES string of the molecule is CC(=O)CC(C)(C)c1cccc(Nc2c(C)cccc2C)c1Cl. The van der Waals surface area contributed by atoms with Crippen molar-refractivity contribution in [1.82, 2.24) is 0 Å². The van der Waals surface area contributed by atoms with Crippen molar-refractivity contribution in [3.8, 4) is 0 Å². The standard InChI is InChI=1S/C20H24ClNO/c1-13-8-6-9-14(2)19(13)22-17-11-7-10-16(18(17)21)20(4,5)12-15(3)23/h6-11,22H,12H2,1-5H3. The Morgan fingerprint density at radius 3 is 2.22 bits per heavy atom. The normalized spacial score (nSPS) is 11.4. The predicted octanol–water partition coefficient (Wildman–Crippen LogP) is 5.96. The number of rotatable bonds is 5. The molecule has 23 heavy (non-hydrogen) atoms. The van der Waals surface area contributed by atoms with Gasteiger partial charge in [0.1, 0.15) is 5.78 Å². The van der Waals surface area contributed by atoms with Crippen LogP contribution in [0.25, 0.3) is 0 Å². The molecule has 0 spiro atoms. The fourth-order valence-electron chi connectivity index (χ4n) is 3.02. The second-order valence-electron chi connectivity index (χ2n) is 6.82. The molecular weight excluding hydrogens is 306 g/mol. The first-order chi connectivity index (χ1) is 10.7. The molecule has 0 unspecified atom stereocenters. The number of ketones is 1. The molecule has 0 aliphatic heterocycles. The third-order valence-corrected chi connectivity index (χ3v) is 4.57. The van der Waals surface area contributed by atoms with Gasteiger partial charge in [0, 0.05) is 12.1 Å². The number of hydrogen-bond acceptors (Lipinski definition) is 2. The number of para-hydroxylation sites is 1. The number of anilines is 2. The topological polar surface area (TPSA) is 29.1 Å². The lowest BCUT2D eigenvalue weighted by molar-refractivity contribution is -0.118. The molecule has 0 aromatic heterocycles. The maximum atomic E-state index is 11.6. The molecule has 1 N–H and O–H groups in total. The molecule has 0 saturated carbocycles. The molecule has 0 saturated heterocycles. The number of carbonyl (C=O) groups is 1. The molecule has 2 rings (SSSR count). The molecule has 122 valence electrons. The van der Waals surface area contributed by atoms with E-state index in [0.717, 1.165) is 16.9 Å². The van der Waals surface area contributed by atoms with Crippen molar-refractivity contribution in [2.45, 2.75) is 46.5 Å². The second kappa shape index (κ2) is 6.76. The van der Waals surface area contributed by atoms with Crippen molar-refractivity contribution in [2.24, 2.45) is 0 Å². The summed E-state index contributed by atoms with van der Waals surface area (Å²) >= 11 is 6.66. The molecule has 0 aliphatic carbocycles. The summed E-state index contributed by atoms with van der Waals surface area (Å²) < 4.78 is 0. The summed E-state index contributed by atoms with van der Waals surface area (Å²) in [7, 11) is 0. The van der Waals surface area contributed by atoms with E-state index in [9.17, 15) is 4.79 Å². The minimum Gasteiger partial charge on any atom is -0.354 e. The minimum absolute atomic E-state index is 0.166. The zero-order valence-electron chi connectivity index (χ0n) is 14.5. The van der Waals surface area contributed by atoms with Gasteiger partial charge in [-0.15, -0.1) is 0 Å². The first kappa shape index (κ1) is 17.6. The number of hydrogen-bond donors (Lipinski definition) is 1. The van der Waals surface area contributed by atoms with E-state index in [-0.39, 0.29) is 11.2 Å². The van der Waals surface area contributed by atoms with Crippen LogP contribution in [-0.2, 0) is 10.2 Å². The lowest BCUT2D eigenvalue weighted by Gasteiger charge is -2.26. The first-order valence-corrected chi connectivity index (χ1v) is 8.22. The lowest BCUT2D eigenvalue weighted by Crippen LogP contribution is -2.21. The molecule has 0 bridgehead atoms. The summed E-state index contributed by atoms with van der Waals surface area (Å²) in [5.41, 5.74) is 5.00. The van der Waals surface area contributed by atoms with E-state index in [2.05, 4.69) is 45.1 Å². The molecule has 0 aliphatic rings. The molecule has 0 heterocycles. The highest BCUT2D eigenvalue weighted by Gasteiger charge is 2.26. The van der Waals surface area contributed by atoms with E-state index in [0.29, 0.717) is 11.4 Å². The van der Waals surface area contributed by atoms with Gasteiger partial charge in [0.15, 0.2) is 0 Å². The fraction of sp³-hybridized carbons (Fsp3) is 0.350. The highest BCUT2D eigenvalue weighted by molar-refractivity contribution is 6.34. The Hall–Kier alpha value is -1.80. The van der Waals surface area contributed by atoms with Gasteiger partial charge in [-0.3, -0.25) is 4.79 Å². The van der Waals surface area contributed by atoms with Gasteiger partial charge in [-0.25, -0.2) is 0 Å². The lowest BCUT2D eigenvalue weighted by atomic mass is 9.80. The van der Waals surface area contributed by atoms with Crippen LogP contribution in [0.3, 0.4) is 0 Å². The third kappa shape index (κ3) is 3.94. The third-order valence-electron chi connectivity index (χ3n) is 4.16. The van der Waals surface area contributed by atoms with Gasteiger partial charge in [-0.1, -0.05) is 55.8 Å². The van der Waals surface area contributed by atoms with Crippen LogP contribution in [0, 0.1) is 13.8 Å². The number of nitrogens with one attached hydrogen (secondary N) is 1. The Balaban J connectivity index is 2.43. The molecule has 2 nitrogen and oxygen atoms in total. The van der Waals surface area contributed by atoms with Crippen molar-refractivity contribution in [3.63, 3.8) is 0 Å². The van der Waals surface area contributed by atoms with Gasteiger partial charge in [0.2, 0.25) is 0 Å². The van der Waals surface area contributed by atoms with Crippen LogP contribution in [0.1, 0.15) is 43.9 Å². The van der Waals surface area contributed by atoms with E-state index in [1.165, 1.54) is 11.1 Å². The van der Waals surface area contributed by atoms with Crippen molar-refractivity contribution >= 4 is 28.8 Å². The van der Waals surface area contributed by atoms with Crippen LogP contribution in [0.4, 0.5) is 11.4 Å². The largest absolute Gasteiger partial charge is 0.354 e. The number of benzene rings is 2. The zero-order valence-corrected chi connectivity index (χ0v) is 15.2. The molecule has 2 aromatic rings. The predicted molar refractivity (Wildman–Crippen MR) is 99.0 cm³/mol. The van der Waals surface area contributed by atoms with Gasteiger partial charge < -0.3 is 5.32 Å². The Kier molecular flexibility index (Phi) is 5.16. The smallest absolute Gasteiger partial charge is 0.130 e. The molecule has 2 aromatic carbocycles. The van der Waals surface area contributed by atoms with E-state index < -0.39 is 0 Å². The van der Waals surface area contributed by atoms with Gasteiger partial charge in [0.05, 0.1) is 10.7 Å². The molecule has 0 fully saturated rings. The monoisotopic (exact) mass is 329 g/mol. The summed E-state index contributed by atoms with van der Waals surface area (Å²) in [4.78, 5) is 11.6. The summed E-state index contributed by atoms with van der Waals surface area (Å²) in [6, 6.07) is 12.2. The Morgan fingerprint density at radius 1 is 1.09 bits per heavy atom. The maximum Gasteiger partial charge on any atom is 0.130 e. The number of halogens is 1. The van der Waals surface area contributed by atoms with Crippen molar-refractivity contribution in [3.05, 3.63) is 58.1 Å². The van der Waals surface area contributed by atoms with Crippen LogP contribution in [0.5, 0.6) is 0 Å². The molecule has 0 amide bonds. The summed E-state index contributed by atoms with van der Waals surface area (Å²) in [6.45, 7) is 9.88. The van der Waals surface area contributed by atoms with Gasteiger partial charge in [-0.05, 0) is 48.9 Å². The summed E-state index contributed by atoms with van der Waals surface area (Å²) in [5, 5.41) is 4.14. The van der Waals surface area contributed by atoms with Crippen LogP contribution >= 0.6 is 11.6 Å². The van der Waals surface area contributed by atoms with Crippen LogP contribution in [-0.4, -0.2) is 5.78 Å². The zero-order chi connectivity index (χ0) is 17.2. The average Bonchev–Trinajstić information content (AvgIpc) is 2.43. The van der Waals surface area contributed by atoms with E-state index in [4.69, 9.17) is 11.6 Å². The van der Waals surface area contributed by atoms with Gasteiger partial charge in [0.25, 0.3) is 0 Å². The number of Topliss-reactive ketones (excluding diaryl/α,β-unsaturated/α-hetero) is 1. The average molecular weight is 330 g/mol. The minimum atomic E-state index is -0.290. The molecule has 0 radical (unpaired) electrons. The number of carbonyl (C=O) groups excluding carboxylic acids is 1. The van der Waals surface area contributed by atoms with Crippen LogP contribution < -0.4 is 5.32 Å². The Morgan fingerprint density at radius 2 is 1.65 bits per heavy atom. The Labute approximate surface area is 143 Å². The van der Waals surface area contributed by atoms with Crippen LogP contribution in [0.2, 0.25) is 5.02 Å². The van der Waals surface area contributed by atoms with Gasteiger partial charge >= 0.3 is 0 Å². The molecule has 0 atom stereocenters. The second-order valence-corrected chi connectivity index (χ2v) is 7.20. The fourth-order valence-corrected chi connectivity index (χ4v) is 3.44. The maximum absolute atomic E-state index is 11.6. The molecule has 3 heteroatoms. The number of aryl methyl sites for hydroxylation is 2. The quantitative estimate of drug-likeness (QED) is 0.733. The summed E-state index contributed by atoms with van der Waals surface area (Å²) in [6.07, 6.45) is 0.472. The van der Waals surface area contributed by atoms with E-state index >= 15 is 0 Å².